The molecule has 1 fully saturated rings. The largest absolute Gasteiger partial charge is 0.381 e. The van der Waals surface area contributed by atoms with Gasteiger partial charge in [-0.15, -0.1) is 0 Å². The average molecular weight is 355 g/mol. The Kier molecular flexibility index (Phi) is 6.18. The summed E-state index contributed by atoms with van der Waals surface area (Å²) in [6.07, 6.45) is 7.92. The van der Waals surface area contributed by atoms with Crippen LogP contribution in [-0.4, -0.2) is 53.6 Å². The summed E-state index contributed by atoms with van der Waals surface area (Å²) in [5.74, 6) is 0.893. The smallest absolute Gasteiger partial charge is 0.228 e. The summed E-state index contributed by atoms with van der Waals surface area (Å²) in [4.78, 5) is 23.4. The molecule has 0 spiro atoms. The molecule has 138 valence electrons. The SMILES string of the molecule is CC1=CCCN(C(=O)C(CNc2cncc(C#N)n2)C2CCOCC2)C1. The molecule has 2 aliphatic rings. The van der Waals surface area contributed by atoms with Crippen molar-refractivity contribution in [2.75, 3.05) is 38.2 Å². The number of hydrogen-bond donors (Lipinski definition) is 1. The van der Waals surface area contributed by atoms with E-state index in [1.165, 1.54) is 11.8 Å². The third-order valence-corrected chi connectivity index (χ3v) is 5.05. The number of amides is 1. The molecule has 1 N–H and O–H groups in total. The van der Waals surface area contributed by atoms with Crippen molar-refractivity contribution in [3.8, 4) is 6.07 Å². The van der Waals surface area contributed by atoms with Gasteiger partial charge in [-0.3, -0.25) is 9.78 Å². The molecule has 2 aliphatic heterocycles. The van der Waals surface area contributed by atoms with E-state index in [0.29, 0.717) is 38.0 Å². The lowest BCUT2D eigenvalue weighted by atomic mass is 9.84. The Bertz CT molecular complexity index is 706. The summed E-state index contributed by atoms with van der Waals surface area (Å²) in [6.45, 7) is 5.46. The van der Waals surface area contributed by atoms with E-state index in [-0.39, 0.29) is 17.5 Å². The Morgan fingerprint density at radius 1 is 1.46 bits per heavy atom. The topological polar surface area (TPSA) is 91.1 Å². The molecule has 7 nitrogen and oxygen atoms in total. The number of hydrogen-bond acceptors (Lipinski definition) is 6. The molecule has 1 aromatic heterocycles. The molecule has 7 heteroatoms. The van der Waals surface area contributed by atoms with E-state index in [2.05, 4.69) is 28.3 Å². The van der Waals surface area contributed by atoms with Crippen LogP contribution in [0.3, 0.4) is 0 Å². The molecule has 1 amide bonds. The number of aromatic nitrogens is 2. The van der Waals surface area contributed by atoms with E-state index in [1.54, 1.807) is 6.20 Å². The van der Waals surface area contributed by atoms with Crippen LogP contribution < -0.4 is 5.32 Å². The number of nitriles is 1. The molecular formula is C19H25N5O2. The zero-order chi connectivity index (χ0) is 18.4. The Hall–Kier alpha value is -2.46. The van der Waals surface area contributed by atoms with Gasteiger partial charge >= 0.3 is 0 Å². The molecule has 1 aromatic rings. The number of ether oxygens (including phenoxy) is 1. The number of anilines is 1. The van der Waals surface area contributed by atoms with E-state index in [0.717, 1.165) is 25.8 Å². The highest BCUT2D eigenvalue weighted by molar-refractivity contribution is 5.80. The van der Waals surface area contributed by atoms with Crippen LogP contribution in [0.25, 0.3) is 0 Å². The van der Waals surface area contributed by atoms with Crippen molar-refractivity contribution in [2.45, 2.75) is 26.2 Å². The van der Waals surface area contributed by atoms with Gasteiger partial charge in [0.2, 0.25) is 5.91 Å². The van der Waals surface area contributed by atoms with E-state index in [1.807, 2.05) is 11.0 Å². The normalized spacial score (nSPS) is 19.4. The van der Waals surface area contributed by atoms with Crippen LogP contribution in [0, 0.1) is 23.2 Å². The van der Waals surface area contributed by atoms with Gasteiger partial charge in [0.25, 0.3) is 0 Å². The third-order valence-electron chi connectivity index (χ3n) is 5.05. The summed E-state index contributed by atoms with van der Waals surface area (Å²) >= 11 is 0. The molecule has 3 rings (SSSR count). The average Bonchev–Trinajstić information content (AvgIpc) is 2.69. The second kappa shape index (κ2) is 8.77. The molecule has 0 aromatic carbocycles. The first-order chi connectivity index (χ1) is 12.7. The molecule has 0 aliphatic carbocycles. The number of carbonyl (C=O) groups excluding carboxylic acids is 1. The van der Waals surface area contributed by atoms with E-state index in [9.17, 15) is 4.79 Å². The quantitative estimate of drug-likeness (QED) is 0.812. The molecule has 0 bridgehead atoms. The van der Waals surface area contributed by atoms with Crippen LogP contribution in [0.5, 0.6) is 0 Å². The number of carbonyl (C=O) groups is 1. The lowest BCUT2D eigenvalue weighted by Crippen LogP contribution is -2.45. The fraction of sp³-hybridized carbons (Fsp3) is 0.579. The van der Waals surface area contributed by atoms with E-state index >= 15 is 0 Å². The van der Waals surface area contributed by atoms with Crippen LogP contribution in [0.1, 0.15) is 31.9 Å². The number of rotatable bonds is 5. The van der Waals surface area contributed by atoms with Gasteiger partial charge in [0.15, 0.2) is 5.69 Å². The van der Waals surface area contributed by atoms with Crippen LogP contribution in [-0.2, 0) is 9.53 Å². The minimum absolute atomic E-state index is 0.127. The van der Waals surface area contributed by atoms with Gasteiger partial charge in [0.1, 0.15) is 11.9 Å². The molecule has 1 atom stereocenters. The molecule has 1 unspecified atom stereocenters. The first-order valence-electron chi connectivity index (χ1n) is 9.15. The highest BCUT2D eigenvalue weighted by atomic mass is 16.5. The fourth-order valence-electron chi connectivity index (χ4n) is 3.63. The van der Waals surface area contributed by atoms with Gasteiger partial charge in [-0.2, -0.15) is 5.26 Å². The lowest BCUT2D eigenvalue weighted by Gasteiger charge is -2.35. The fourth-order valence-corrected chi connectivity index (χ4v) is 3.63. The van der Waals surface area contributed by atoms with Crippen molar-refractivity contribution in [2.24, 2.45) is 11.8 Å². The highest BCUT2D eigenvalue weighted by Crippen LogP contribution is 2.27. The predicted octanol–water partition coefficient (Wildman–Crippen LogP) is 1.98. The Morgan fingerprint density at radius 3 is 3.00 bits per heavy atom. The van der Waals surface area contributed by atoms with Gasteiger partial charge < -0.3 is 15.0 Å². The third kappa shape index (κ3) is 4.58. The molecular weight excluding hydrogens is 330 g/mol. The second-order valence-electron chi connectivity index (χ2n) is 6.94. The second-order valence-corrected chi connectivity index (χ2v) is 6.94. The zero-order valence-corrected chi connectivity index (χ0v) is 15.1. The first-order valence-corrected chi connectivity index (χ1v) is 9.15. The van der Waals surface area contributed by atoms with Crippen LogP contribution in [0.4, 0.5) is 5.82 Å². The van der Waals surface area contributed by atoms with Crippen LogP contribution >= 0.6 is 0 Å². The summed E-state index contributed by atoms with van der Waals surface area (Å²) in [7, 11) is 0. The van der Waals surface area contributed by atoms with Gasteiger partial charge in [0.05, 0.1) is 18.3 Å². The van der Waals surface area contributed by atoms with Crippen molar-refractivity contribution in [1.29, 1.82) is 5.26 Å². The van der Waals surface area contributed by atoms with Crippen molar-refractivity contribution in [1.82, 2.24) is 14.9 Å². The number of nitrogens with one attached hydrogen (secondary N) is 1. The van der Waals surface area contributed by atoms with Crippen LogP contribution in [0.15, 0.2) is 24.0 Å². The minimum Gasteiger partial charge on any atom is -0.381 e. The minimum atomic E-state index is -0.127. The maximum Gasteiger partial charge on any atom is 0.228 e. The van der Waals surface area contributed by atoms with Gasteiger partial charge in [-0.05, 0) is 32.1 Å². The maximum absolute atomic E-state index is 13.2. The summed E-state index contributed by atoms with van der Waals surface area (Å²) in [5, 5.41) is 12.2. The molecule has 3 heterocycles. The van der Waals surface area contributed by atoms with E-state index < -0.39 is 0 Å². The van der Waals surface area contributed by atoms with Gasteiger partial charge in [-0.1, -0.05) is 11.6 Å². The van der Waals surface area contributed by atoms with Crippen molar-refractivity contribution in [3.63, 3.8) is 0 Å². The van der Waals surface area contributed by atoms with Gasteiger partial charge in [0, 0.05) is 32.8 Å². The zero-order valence-electron chi connectivity index (χ0n) is 15.1. The van der Waals surface area contributed by atoms with Crippen molar-refractivity contribution < 1.29 is 9.53 Å². The Morgan fingerprint density at radius 2 is 2.27 bits per heavy atom. The summed E-state index contributed by atoms with van der Waals surface area (Å²) < 4.78 is 5.47. The Labute approximate surface area is 154 Å². The summed E-state index contributed by atoms with van der Waals surface area (Å²) in [5.41, 5.74) is 1.51. The highest BCUT2D eigenvalue weighted by Gasteiger charge is 2.33. The first kappa shape index (κ1) is 18.3. The van der Waals surface area contributed by atoms with E-state index in [4.69, 9.17) is 10.00 Å². The Balaban J connectivity index is 1.71. The lowest BCUT2D eigenvalue weighted by molar-refractivity contribution is -0.137. The predicted molar refractivity (Wildman–Crippen MR) is 97.2 cm³/mol. The maximum atomic E-state index is 13.2. The molecule has 0 saturated carbocycles. The molecule has 0 radical (unpaired) electrons. The number of nitrogens with zero attached hydrogens (tertiary/aromatic N) is 4. The molecule has 26 heavy (non-hydrogen) atoms. The van der Waals surface area contributed by atoms with Gasteiger partial charge in [-0.25, -0.2) is 4.98 Å². The molecule has 1 saturated heterocycles. The van der Waals surface area contributed by atoms with Crippen molar-refractivity contribution >= 4 is 11.7 Å². The van der Waals surface area contributed by atoms with Crippen molar-refractivity contribution in [3.05, 3.63) is 29.7 Å². The monoisotopic (exact) mass is 355 g/mol. The summed E-state index contributed by atoms with van der Waals surface area (Å²) in [6, 6.07) is 1.99. The standard InChI is InChI=1S/C19H25N5O2/c1-14-3-2-6-24(13-14)19(25)17(15-4-7-26-8-5-15)11-22-18-12-21-10-16(9-20)23-18/h3,10,12,15,17H,2,4-8,11,13H2,1H3,(H,22,23). The van der Waals surface area contributed by atoms with Crippen LogP contribution in [0.2, 0.25) is 0 Å².